The highest BCUT2D eigenvalue weighted by Crippen LogP contribution is 2.37. The molecule has 0 unspecified atom stereocenters. The first-order valence-electron chi connectivity index (χ1n) is 5.42. The van der Waals surface area contributed by atoms with E-state index < -0.39 is 0 Å². The standard InChI is InChI=1S/C11H12Br2N4O2/c1-17-15-10(14-16-17)6-19-11-8(13)3-7(5-12)4-9(11)18-2/h3-4H,5-6H2,1-2H3. The van der Waals surface area contributed by atoms with Gasteiger partial charge in [0.15, 0.2) is 18.1 Å². The zero-order valence-electron chi connectivity index (χ0n) is 10.4. The quantitative estimate of drug-likeness (QED) is 0.732. The van der Waals surface area contributed by atoms with Crippen molar-refractivity contribution in [2.45, 2.75) is 11.9 Å². The fourth-order valence-electron chi connectivity index (χ4n) is 1.51. The van der Waals surface area contributed by atoms with E-state index in [2.05, 4.69) is 47.3 Å². The third-order valence-corrected chi connectivity index (χ3v) is 3.58. The van der Waals surface area contributed by atoms with Gasteiger partial charge in [-0.1, -0.05) is 15.9 Å². The van der Waals surface area contributed by atoms with E-state index >= 15 is 0 Å². The van der Waals surface area contributed by atoms with E-state index in [-0.39, 0.29) is 6.61 Å². The Morgan fingerprint density at radius 1 is 1.37 bits per heavy atom. The molecule has 0 radical (unpaired) electrons. The summed E-state index contributed by atoms with van der Waals surface area (Å²) in [5.41, 5.74) is 1.09. The van der Waals surface area contributed by atoms with E-state index in [0.717, 1.165) is 15.4 Å². The maximum absolute atomic E-state index is 5.69. The number of alkyl halides is 1. The van der Waals surface area contributed by atoms with Gasteiger partial charge in [0.1, 0.15) is 0 Å². The van der Waals surface area contributed by atoms with Gasteiger partial charge in [0.2, 0.25) is 5.82 Å². The fourth-order valence-corrected chi connectivity index (χ4v) is 2.44. The predicted molar refractivity (Wildman–Crippen MR) is 76.5 cm³/mol. The van der Waals surface area contributed by atoms with E-state index in [4.69, 9.17) is 9.47 Å². The van der Waals surface area contributed by atoms with Crippen molar-refractivity contribution in [3.63, 3.8) is 0 Å². The van der Waals surface area contributed by atoms with Gasteiger partial charge in [-0.05, 0) is 38.8 Å². The van der Waals surface area contributed by atoms with Crippen LogP contribution in [0.2, 0.25) is 0 Å². The minimum atomic E-state index is 0.233. The minimum absolute atomic E-state index is 0.233. The molecule has 0 amide bonds. The maximum Gasteiger partial charge on any atom is 0.212 e. The Morgan fingerprint density at radius 3 is 2.74 bits per heavy atom. The monoisotopic (exact) mass is 390 g/mol. The van der Waals surface area contributed by atoms with Crippen LogP contribution in [0.4, 0.5) is 0 Å². The van der Waals surface area contributed by atoms with Crippen molar-refractivity contribution in [1.82, 2.24) is 20.2 Å². The molecule has 2 aromatic rings. The van der Waals surface area contributed by atoms with Crippen LogP contribution in [0.25, 0.3) is 0 Å². The number of halogens is 2. The summed E-state index contributed by atoms with van der Waals surface area (Å²) >= 11 is 6.88. The second-order valence-corrected chi connectivity index (χ2v) is 5.14. The molecule has 0 saturated heterocycles. The van der Waals surface area contributed by atoms with Crippen molar-refractivity contribution in [3.05, 3.63) is 28.0 Å². The summed E-state index contributed by atoms with van der Waals surface area (Å²) in [5.74, 6) is 1.80. The Kier molecular flexibility index (Phi) is 4.76. The van der Waals surface area contributed by atoms with Crippen LogP contribution in [-0.2, 0) is 19.0 Å². The molecular weight excluding hydrogens is 380 g/mol. The second kappa shape index (κ2) is 6.33. The largest absolute Gasteiger partial charge is 0.493 e. The number of rotatable bonds is 5. The van der Waals surface area contributed by atoms with Gasteiger partial charge in [0.05, 0.1) is 18.6 Å². The van der Waals surface area contributed by atoms with Crippen molar-refractivity contribution in [2.24, 2.45) is 7.05 Å². The first kappa shape index (κ1) is 14.3. The topological polar surface area (TPSA) is 62.1 Å². The van der Waals surface area contributed by atoms with Crippen molar-refractivity contribution >= 4 is 31.9 Å². The summed E-state index contributed by atoms with van der Waals surface area (Å²) in [5, 5.41) is 12.4. The van der Waals surface area contributed by atoms with E-state index in [9.17, 15) is 0 Å². The molecule has 0 N–H and O–H groups in total. The van der Waals surface area contributed by atoms with Crippen LogP contribution < -0.4 is 9.47 Å². The third kappa shape index (κ3) is 3.44. The summed E-state index contributed by atoms with van der Waals surface area (Å²) in [6, 6.07) is 3.88. The van der Waals surface area contributed by atoms with Crippen LogP contribution in [0, 0.1) is 0 Å². The summed E-state index contributed by atoms with van der Waals surface area (Å²) in [6.45, 7) is 0.233. The molecule has 0 saturated carbocycles. The number of ether oxygens (including phenoxy) is 2. The van der Waals surface area contributed by atoms with E-state index in [1.165, 1.54) is 4.80 Å². The number of nitrogens with zero attached hydrogens (tertiary/aromatic N) is 4. The van der Waals surface area contributed by atoms with Gasteiger partial charge in [-0.15, -0.1) is 10.2 Å². The molecule has 102 valence electrons. The maximum atomic E-state index is 5.69. The number of benzene rings is 1. The minimum Gasteiger partial charge on any atom is -0.493 e. The van der Waals surface area contributed by atoms with Gasteiger partial charge >= 0.3 is 0 Å². The first-order chi connectivity index (χ1) is 9.13. The Balaban J connectivity index is 2.19. The Labute approximate surface area is 127 Å². The van der Waals surface area contributed by atoms with Crippen LogP contribution in [0.15, 0.2) is 16.6 Å². The van der Waals surface area contributed by atoms with Crippen molar-refractivity contribution in [3.8, 4) is 11.5 Å². The average Bonchev–Trinajstić information content (AvgIpc) is 2.82. The average molecular weight is 392 g/mol. The highest BCUT2D eigenvalue weighted by atomic mass is 79.9. The van der Waals surface area contributed by atoms with Crippen molar-refractivity contribution in [2.75, 3.05) is 7.11 Å². The molecule has 0 aliphatic rings. The zero-order chi connectivity index (χ0) is 13.8. The van der Waals surface area contributed by atoms with Gasteiger partial charge in [0, 0.05) is 5.33 Å². The fraction of sp³-hybridized carbons (Fsp3) is 0.364. The molecule has 0 fully saturated rings. The summed E-state index contributed by atoms with van der Waals surface area (Å²) in [7, 11) is 3.31. The van der Waals surface area contributed by atoms with Crippen LogP contribution >= 0.6 is 31.9 Å². The number of tetrazole rings is 1. The van der Waals surface area contributed by atoms with Crippen LogP contribution in [0.1, 0.15) is 11.4 Å². The van der Waals surface area contributed by atoms with Crippen LogP contribution in [0.5, 0.6) is 11.5 Å². The predicted octanol–water partition coefficient (Wildman–Crippen LogP) is 2.46. The number of methoxy groups -OCH3 is 1. The molecule has 0 spiro atoms. The molecule has 0 atom stereocenters. The van der Waals surface area contributed by atoms with Crippen molar-refractivity contribution < 1.29 is 9.47 Å². The Hall–Kier alpha value is -1.15. The van der Waals surface area contributed by atoms with E-state index in [1.54, 1.807) is 14.2 Å². The van der Waals surface area contributed by atoms with Crippen LogP contribution in [0.3, 0.4) is 0 Å². The summed E-state index contributed by atoms with van der Waals surface area (Å²) < 4.78 is 11.8. The van der Waals surface area contributed by atoms with E-state index in [1.807, 2.05) is 12.1 Å². The molecule has 6 nitrogen and oxygen atoms in total. The Morgan fingerprint density at radius 2 is 2.16 bits per heavy atom. The SMILES string of the molecule is COc1cc(CBr)cc(Br)c1OCc1nnn(C)n1. The number of hydrogen-bond donors (Lipinski definition) is 0. The molecule has 0 aliphatic heterocycles. The van der Waals surface area contributed by atoms with Crippen LogP contribution in [-0.4, -0.2) is 27.3 Å². The highest BCUT2D eigenvalue weighted by Gasteiger charge is 2.12. The second-order valence-electron chi connectivity index (χ2n) is 3.73. The van der Waals surface area contributed by atoms with Crippen molar-refractivity contribution in [1.29, 1.82) is 0 Å². The molecule has 1 heterocycles. The lowest BCUT2D eigenvalue weighted by Crippen LogP contribution is -2.01. The lowest BCUT2D eigenvalue weighted by molar-refractivity contribution is 0.274. The smallest absolute Gasteiger partial charge is 0.212 e. The summed E-state index contributed by atoms with van der Waals surface area (Å²) in [4.78, 5) is 1.39. The molecule has 2 rings (SSSR count). The molecule has 19 heavy (non-hydrogen) atoms. The molecule has 1 aromatic carbocycles. The normalized spacial score (nSPS) is 10.5. The molecule has 1 aromatic heterocycles. The van der Waals surface area contributed by atoms with Gasteiger partial charge in [-0.2, -0.15) is 4.80 Å². The zero-order valence-corrected chi connectivity index (χ0v) is 13.6. The molecule has 8 heteroatoms. The molecule has 0 aliphatic carbocycles. The number of aryl methyl sites for hydroxylation is 1. The van der Waals surface area contributed by atoms with Gasteiger partial charge in [-0.3, -0.25) is 0 Å². The first-order valence-corrected chi connectivity index (χ1v) is 7.33. The summed E-state index contributed by atoms with van der Waals surface area (Å²) in [6.07, 6.45) is 0. The van der Waals surface area contributed by atoms with E-state index in [0.29, 0.717) is 17.3 Å². The van der Waals surface area contributed by atoms with Gasteiger partial charge in [0.25, 0.3) is 0 Å². The molecule has 0 bridgehead atoms. The van der Waals surface area contributed by atoms with Gasteiger partial charge < -0.3 is 9.47 Å². The lowest BCUT2D eigenvalue weighted by atomic mass is 10.2. The Bertz CT molecular complexity index is 574. The number of hydrogen-bond acceptors (Lipinski definition) is 5. The molecular formula is C11H12Br2N4O2. The third-order valence-electron chi connectivity index (χ3n) is 2.34. The van der Waals surface area contributed by atoms with Gasteiger partial charge in [-0.25, -0.2) is 0 Å². The highest BCUT2D eigenvalue weighted by molar-refractivity contribution is 9.10. The number of aromatic nitrogens is 4. The lowest BCUT2D eigenvalue weighted by Gasteiger charge is -2.12.